The Balaban J connectivity index is 1.76. The number of para-hydroxylation sites is 2. The van der Waals surface area contributed by atoms with E-state index in [2.05, 4.69) is 15.6 Å². The van der Waals surface area contributed by atoms with Crippen molar-refractivity contribution in [3.8, 4) is 5.75 Å². The van der Waals surface area contributed by atoms with E-state index in [1.54, 1.807) is 19.2 Å². The van der Waals surface area contributed by atoms with Crippen LogP contribution in [0.15, 0.2) is 48.5 Å². The van der Waals surface area contributed by atoms with E-state index in [1.165, 1.54) is 0 Å². The fraction of sp³-hybridized carbons (Fsp3) is 0.125. The fourth-order valence-corrected chi connectivity index (χ4v) is 2.22. The molecule has 112 valence electrons. The van der Waals surface area contributed by atoms with Gasteiger partial charge in [0.25, 0.3) is 0 Å². The molecular formula is C16H16N4O2. The molecule has 3 rings (SSSR count). The Hall–Kier alpha value is -3.02. The van der Waals surface area contributed by atoms with E-state index in [0.717, 1.165) is 11.0 Å². The zero-order valence-electron chi connectivity index (χ0n) is 12.3. The van der Waals surface area contributed by atoms with Crippen LogP contribution in [0, 0.1) is 0 Å². The molecule has 0 spiro atoms. The van der Waals surface area contributed by atoms with Crippen LogP contribution < -0.4 is 15.4 Å². The van der Waals surface area contributed by atoms with E-state index < -0.39 is 0 Å². The number of ether oxygens (including phenoxy) is 1. The molecule has 0 aliphatic heterocycles. The minimum absolute atomic E-state index is 0.355. The maximum Gasteiger partial charge on any atom is 0.326 e. The average molecular weight is 296 g/mol. The quantitative estimate of drug-likeness (QED) is 0.779. The molecule has 3 aromatic rings. The van der Waals surface area contributed by atoms with E-state index in [9.17, 15) is 4.79 Å². The van der Waals surface area contributed by atoms with Crippen molar-refractivity contribution in [2.24, 2.45) is 7.05 Å². The molecule has 0 atom stereocenters. The second-order valence-electron chi connectivity index (χ2n) is 4.79. The molecule has 2 aromatic carbocycles. The first-order valence-electron chi connectivity index (χ1n) is 6.81. The minimum atomic E-state index is -0.355. The largest absolute Gasteiger partial charge is 0.497 e. The van der Waals surface area contributed by atoms with Gasteiger partial charge in [0.05, 0.1) is 18.1 Å². The Morgan fingerprint density at radius 3 is 2.73 bits per heavy atom. The number of rotatable bonds is 3. The first-order valence-corrected chi connectivity index (χ1v) is 6.81. The molecule has 1 heterocycles. The van der Waals surface area contributed by atoms with Crippen LogP contribution >= 0.6 is 0 Å². The molecule has 0 aliphatic carbocycles. The Bertz CT molecular complexity index is 826. The number of hydrogen-bond acceptors (Lipinski definition) is 3. The minimum Gasteiger partial charge on any atom is -0.497 e. The molecule has 1 aromatic heterocycles. The van der Waals surface area contributed by atoms with Crippen molar-refractivity contribution >= 4 is 28.7 Å². The number of nitrogens with zero attached hydrogens (tertiary/aromatic N) is 2. The molecular weight excluding hydrogens is 280 g/mol. The zero-order chi connectivity index (χ0) is 15.5. The van der Waals surface area contributed by atoms with Crippen LogP contribution in [-0.4, -0.2) is 22.7 Å². The summed E-state index contributed by atoms with van der Waals surface area (Å²) < 4.78 is 6.96. The molecule has 6 heteroatoms. The van der Waals surface area contributed by atoms with Gasteiger partial charge >= 0.3 is 6.03 Å². The molecule has 0 fully saturated rings. The van der Waals surface area contributed by atoms with Gasteiger partial charge < -0.3 is 14.6 Å². The fourth-order valence-electron chi connectivity index (χ4n) is 2.22. The molecule has 6 nitrogen and oxygen atoms in total. The van der Waals surface area contributed by atoms with Gasteiger partial charge in [0.2, 0.25) is 5.95 Å². The Morgan fingerprint density at radius 2 is 1.95 bits per heavy atom. The lowest BCUT2D eigenvalue weighted by molar-refractivity contribution is 0.262. The van der Waals surface area contributed by atoms with E-state index >= 15 is 0 Å². The van der Waals surface area contributed by atoms with Crippen molar-refractivity contribution < 1.29 is 9.53 Å². The number of urea groups is 1. The monoisotopic (exact) mass is 296 g/mol. The molecule has 0 radical (unpaired) electrons. The molecule has 2 N–H and O–H groups in total. The van der Waals surface area contributed by atoms with E-state index in [1.807, 2.05) is 48.0 Å². The maximum absolute atomic E-state index is 12.1. The second kappa shape index (κ2) is 5.77. The van der Waals surface area contributed by atoms with Crippen molar-refractivity contribution in [2.45, 2.75) is 0 Å². The predicted molar refractivity (Wildman–Crippen MR) is 86.3 cm³/mol. The maximum atomic E-state index is 12.1. The van der Waals surface area contributed by atoms with Gasteiger partial charge in [0, 0.05) is 18.8 Å². The number of nitrogens with one attached hydrogen (secondary N) is 2. The van der Waals surface area contributed by atoms with Crippen molar-refractivity contribution in [2.75, 3.05) is 17.7 Å². The number of anilines is 2. The van der Waals surface area contributed by atoms with Crippen molar-refractivity contribution in [3.63, 3.8) is 0 Å². The highest BCUT2D eigenvalue weighted by molar-refractivity contribution is 5.99. The third-order valence-electron chi connectivity index (χ3n) is 3.34. The van der Waals surface area contributed by atoms with Crippen LogP contribution in [0.5, 0.6) is 5.75 Å². The number of methoxy groups -OCH3 is 1. The average Bonchev–Trinajstić information content (AvgIpc) is 2.84. The predicted octanol–water partition coefficient (Wildman–Crippen LogP) is 3.23. The number of carbonyl (C=O) groups excluding carboxylic acids is 1. The van der Waals surface area contributed by atoms with Gasteiger partial charge in [-0.15, -0.1) is 0 Å². The number of carbonyl (C=O) groups is 1. The van der Waals surface area contributed by atoms with E-state index in [0.29, 0.717) is 17.4 Å². The lowest BCUT2D eigenvalue weighted by atomic mass is 10.3. The lowest BCUT2D eigenvalue weighted by Crippen LogP contribution is -2.21. The molecule has 0 bridgehead atoms. The number of amides is 2. The third kappa shape index (κ3) is 2.71. The summed E-state index contributed by atoms with van der Waals surface area (Å²) in [5.41, 5.74) is 2.44. The first kappa shape index (κ1) is 13.9. The van der Waals surface area contributed by atoms with Gasteiger partial charge in [-0.05, 0) is 24.3 Å². The lowest BCUT2D eigenvalue weighted by Gasteiger charge is -2.08. The van der Waals surface area contributed by atoms with Crippen LogP contribution in [0.25, 0.3) is 11.0 Å². The van der Waals surface area contributed by atoms with Crippen LogP contribution in [0.2, 0.25) is 0 Å². The highest BCUT2D eigenvalue weighted by Crippen LogP contribution is 2.19. The highest BCUT2D eigenvalue weighted by Gasteiger charge is 2.10. The van der Waals surface area contributed by atoms with Crippen molar-refractivity contribution in [3.05, 3.63) is 48.5 Å². The summed E-state index contributed by atoms with van der Waals surface area (Å²) in [4.78, 5) is 16.5. The summed E-state index contributed by atoms with van der Waals surface area (Å²) in [6.07, 6.45) is 0. The molecule has 0 saturated heterocycles. The number of hydrogen-bond donors (Lipinski definition) is 2. The molecule has 0 unspecified atom stereocenters. The Kier molecular flexibility index (Phi) is 3.65. The standard InChI is InChI=1S/C16H16N4O2/c1-20-14-9-4-3-8-13(14)18-15(20)19-16(21)17-11-6-5-7-12(10-11)22-2/h3-10H,1-2H3,(H2,17,18,19,21). The SMILES string of the molecule is COc1cccc(NC(=O)Nc2nc3ccccc3n2C)c1. The van der Waals surface area contributed by atoms with Crippen molar-refractivity contribution in [1.29, 1.82) is 0 Å². The number of aromatic nitrogens is 2. The summed E-state index contributed by atoms with van der Waals surface area (Å²) >= 11 is 0. The summed E-state index contributed by atoms with van der Waals surface area (Å²) in [6, 6.07) is 14.5. The first-order chi connectivity index (χ1) is 10.7. The summed E-state index contributed by atoms with van der Waals surface area (Å²) in [6.45, 7) is 0. The highest BCUT2D eigenvalue weighted by atomic mass is 16.5. The Labute approximate surface area is 127 Å². The van der Waals surface area contributed by atoms with Crippen LogP contribution in [0.4, 0.5) is 16.4 Å². The number of benzene rings is 2. The summed E-state index contributed by atoms with van der Waals surface area (Å²) in [5, 5.41) is 5.50. The third-order valence-corrected chi connectivity index (χ3v) is 3.34. The van der Waals surface area contributed by atoms with Gasteiger partial charge in [0.15, 0.2) is 0 Å². The van der Waals surface area contributed by atoms with Crippen LogP contribution in [0.1, 0.15) is 0 Å². The van der Waals surface area contributed by atoms with Gasteiger partial charge in [-0.1, -0.05) is 18.2 Å². The Morgan fingerprint density at radius 1 is 1.14 bits per heavy atom. The molecule has 0 aliphatic rings. The molecule has 0 saturated carbocycles. The van der Waals surface area contributed by atoms with E-state index in [4.69, 9.17) is 4.74 Å². The normalized spacial score (nSPS) is 10.5. The number of fused-ring (bicyclic) bond motifs is 1. The van der Waals surface area contributed by atoms with Gasteiger partial charge in [-0.2, -0.15) is 0 Å². The van der Waals surface area contributed by atoms with E-state index in [-0.39, 0.29) is 6.03 Å². The topological polar surface area (TPSA) is 68.2 Å². The van der Waals surface area contributed by atoms with Crippen molar-refractivity contribution in [1.82, 2.24) is 9.55 Å². The van der Waals surface area contributed by atoms with Gasteiger partial charge in [-0.3, -0.25) is 5.32 Å². The summed E-state index contributed by atoms with van der Waals surface area (Å²) in [5.74, 6) is 1.17. The number of imidazole rings is 1. The second-order valence-corrected chi connectivity index (χ2v) is 4.79. The van der Waals surface area contributed by atoms with Gasteiger partial charge in [0.1, 0.15) is 5.75 Å². The smallest absolute Gasteiger partial charge is 0.326 e. The summed E-state index contributed by atoms with van der Waals surface area (Å²) in [7, 11) is 3.44. The van der Waals surface area contributed by atoms with Crippen LogP contribution in [0.3, 0.4) is 0 Å². The number of aryl methyl sites for hydroxylation is 1. The zero-order valence-corrected chi connectivity index (χ0v) is 12.3. The molecule has 22 heavy (non-hydrogen) atoms. The molecule has 2 amide bonds. The van der Waals surface area contributed by atoms with Crippen LogP contribution in [-0.2, 0) is 7.05 Å². The van der Waals surface area contributed by atoms with Gasteiger partial charge in [-0.25, -0.2) is 9.78 Å².